The topological polar surface area (TPSA) is 58.1 Å². The average Bonchev–Trinajstić information content (AvgIpc) is 2.25. The molecule has 0 unspecified atom stereocenters. The van der Waals surface area contributed by atoms with E-state index in [0.29, 0.717) is 10.9 Å². The molecule has 0 bridgehead atoms. The standard InChI is InChI=1S/C11H13N3O2/c1-13(2)7-4-5-9-8(6-7)10(15)12-11(16)14(9)3/h4-6H,1-3H3,(H,12,15,16). The lowest BCUT2D eigenvalue weighted by molar-refractivity contribution is 0.843. The monoisotopic (exact) mass is 219 g/mol. The van der Waals surface area contributed by atoms with Crippen LogP contribution < -0.4 is 16.1 Å². The van der Waals surface area contributed by atoms with Crippen LogP contribution in [0, 0.1) is 0 Å². The minimum Gasteiger partial charge on any atom is -0.378 e. The van der Waals surface area contributed by atoms with Gasteiger partial charge in [-0.25, -0.2) is 4.79 Å². The normalized spacial score (nSPS) is 10.7. The van der Waals surface area contributed by atoms with Crippen LogP contribution in [0.25, 0.3) is 10.9 Å². The minimum atomic E-state index is -0.393. The van der Waals surface area contributed by atoms with Gasteiger partial charge in [0.1, 0.15) is 0 Å². The van der Waals surface area contributed by atoms with Crippen molar-refractivity contribution in [1.29, 1.82) is 0 Å². The van der Waals surface area contributed by atoms with E-state index in [0.717, 1.165) is 5.69 Å². The smallest absolute Gasteiger partial charge is 0.328 e. The van der Waals surface area contributed by atoms with Gasteiger partial charge in [0, 0.05) is 26.8 Å². The highest BCUT2D eigenvalue weighted by Gasteiger charge is 2.05. The molecule has 1 aromatic heterocycles. The van der Waals surface area contributed by atoms with Crippen LogP contribution in [0.1, 0.15) is 0 Å². The van der Waals surface area contributed by atoms with Gasteiger partial charge in [0.05, 0.1) is 10.9 Å². The van der Waals surface area contributed by atoms with Crippen molar-refractivity contribution in [2.45, 2.75) is 0 Å². The molecular formula is C11H13N3O2. The van der Waals surface area contributed by atoms with E-state index in [1.54, 1.807) is 19.2 Å². The summed E-state index contributed by atoms with van der Waals surface area (Å²) in [6, 6.07) is 5.43. The maximum Gasteiger partial charge on any atom is 0.328 e. The minimum absolute atomic E-state index is 0.346. The Morgan fingerprint density at radius 1 is 1.25 bits per heavy atom. The Kier molecular flexibility index (Phi) is 2.30. The van der Waals surface area contributed by atoms with Crippen molar-refractivity contribution in [2.24, 2.45) is 7.05 Å². The predicted molar refractivity (Wildman–Crippen MR) is 64.1 cm³/mol. The SMILES string of the molecule is CN(C)c1ccc2c(c1)c(=O)[nH]c(=O)n2C. The first-order valence-electron chi connectivity index (χ1n) is 4.91. The number of anilines is 1. The van der Waals surface area contributed by atoms with Gasteiger partial charge >= 0.3 is 5.69 Å². The van der Waals surface area contributed by atoms with Gasteiger partial charge < -0.3 is 4.90 Å². The van der Waals surface area contributed by atoms with Crippen molar-refractivity contribution in [3.8, 4) is 0 Å². The lowest BCUT2D eigenvalue weighted by Crippen LogP contribution is -2.28. The van der Waals surface area contributed by atoms with Gasteiger partial charge in [-0.1, -0.05) is 0 Å². The lowest BCUT2D eigenvalue weighted by Gasteiger charge is -2.13. The van der Waals surface area contributed by atoms with E-state index in [1.807, 2.05) is 25.1 Å². The molecule has 0 aliphatic carbocycles. The molecule has 0 atom stereocenters. The number of aromatic amines is 1. The Morgan fingerprint density at radius 3 is 2.56 bits per heavy atom. The molecule has 16 heavy (non-hydrogen) atoms. The van der Waals surface area contributed by atoms with Crippen LogP contribution in [0.4, 0.5) is 5.69 Å². The Bertz CT molecular complexity index is 652. The van der Waals surface area contributed by atoms with Crippen molar-refractivity contribution in [3.05, 3.63) is 39.0 Å². The van der Waals surface area contributed by atoms with Gasteiger partial charge in [0.15, 0.2) is 0 Å². The number of aromatic nitrogens is 2. The molecule has 0 saturated heterocycles. The Labute approximate surface area is 91.9 Å². The average molecular weight is 219 g/mol. The van der Waals surface area contributed by atoms with Gasteiger partial charge in [0.2, 0.25) is 0 Å². The molecule has 1 aromatic carbocycles. The van der Waals surface area contributed by atoms with E-state index in [4.69, 9.17) is 0 Å². The molecule has 2 rings (SSSR count). The predicted octanol–water partition coefficient (Wildman–Crippen LogP) is 0.293. The van der Waals surface area contributed by atoms with E-state index >= 15 is 0 Å². The zero-order valence-corrected chi connectivity index (χ0v) is 9.44. The summed E-state index contributed by atoms with van der Waals surface area (Å²) in [5.41, 5.74) is 0.827. The number of benzene rings is 1. The van der Waals surface area contributed by atoms with Crippen LogP contribution in [-0.4, -0.2) is 23.6 Å². The molecule has 0 spiro atoms. The quantitative estimate of drug-likeness (QED) is 0.750. The molecule has 5 nitrogen and oxygen atoms in total. The number of fused-ring (bicyclic) bond motifs is 1. The molecule has 1 N–H and O–H groups in total. The van der Waals surface area contributed by atoms with Gasteiger partial charge in [-0.3, -0.25) is 14.3 Å². The van der Waals surface area contributed by atoms with E-state index in [1.165, 1.54) is 4.57 Å². The fraction of sp³-hybridized carbons (Fsp3) is 0.273. The highest BCUT2D eigenvalue weighted by Crippen LogP contribution is 2.16. The Morgan fingerprint density at radius 2 is 1.94 bits per heavy atom. The van der Waals surface area contributed by atoms with E-state index < -0.39 is 5.69 Å². The number of rotatable bonds is 1. The number of H-pyrrole nitrogens is 1. The summed E-state index contributed by atoms with van der Waals surface area (Å²) in [6.07, 6.45) is 0. The van der Waals surface area contributed by atoms with Gasteiger partial charge in [-0.05, 0) is 18.2 Å². The number of hydrogen-bond donors (Lipinski definition) is 1. The first-order valence-corrected chi connectivity index (χ1v) is 4.91. The van der Waals surface area contributed by atoms with E-state index in [2.05, 4.69) is 4.98 Å². The molecule has 0 aliphatic rings. The summed E-state index contributed by atoms with van der Waals surface area (Å²) in [4.78, 5) is 27.2. The molecule has 84 valence electrons. The second kappa shape index (κ2) is 3.52. The molecule has 2 aromatic rings. The Hall–Kier alpha value is -2.04. The molecule has 0 fully saturated rings. The number of nitrogens with zero attached hydrogens (tertiary/aromatic N) is 2. The van der Waals surface area contributed by atoms with Crippen molar-refractivity contribution in [2.75, 3.05) is 19.0 Å². The van der Waals surface area contributed by atoms with Crippen LogP contribution in [0.2, 0.25) is 0 Å². The fourth-order valence-electron chi connectivity index (χ4n) is 1.63. The summed E-state index contributed by atoms with van der Waals surface area (Å²) in [7, 11) is 5.44. The number of aryl methyl sites for hydroxylation is 1. The third-order valence-electron chi connectivity index (χ3n) is 2.63. The summed E-state index contributed by atoms with van der Waals surface area (Å²) >= 11 is 0. The lowest BCUT2D eigenvalue weighted by atomic mass is 10.2. The van der Waals surface area contributed by atoms with Gasteiger partial charge in [0.25, 0.3) is 5.56 Å². The Balaban J connectivity index is 2.90. The van der Waals surface area contributed by atoms with Crippen LogP contribution in [0.15, 0.2) is 27.8 Å². The first-order chi connectivity index (χ1) is 7.50. The molecule has 0 saturated carbocycles. The molecule has 0 amide bonds. The second-order valence-corrected chi connectivity index (χ2v) is 3.91. The van der Waals surface area contributed by atoms with Crippen molar-refractivity contribution < 1.29 is 0 Å². The van der Waals surface area contributed by atoms with Crippen LogP contribution in [0.3, 0.4) is 0 Å². The molecule has 5 heteroatoms. The first kappa shape index (κ1) is 10.5. The van der Waals surface area contributed by atoms with Crippen molar-refractivity contribution >= 4 is 16.6 Å². The van der Waals surface area contributed by atoms with Crippen LogP contribution in [0.5, 0.6) is 0 Å². The van der Waals surface area contributed by atoms with Gasteiger partial charge in [-0.2, -0.15) is 0 Å². The zero-order chi connectivity index (χ0) is 11.9. The van der Waals surface area contributed by atoms with Crippen molar-refractivity contribution in [3.63, 3.8) is 0 Å². The van der Waals surface area contributed by atoms with Crippen LogP contribution >= 0.6 is 0 Å². The maximum absolute atomic E-state index is 11.6. The summed E-state index contributed by atoms with van der Waals surface area (Å²) in [5.74, 6) is 0. The van der Waals surface area contributed by atoms with Crippen molar-refractivity contribution in [1.82, 2.24) is 9.55 Å². The van der Waals surface area contributed by atoms with E-state index in [-0.39, 0.29) is 5.56 Å². The third kappa shape index (κ3) is 1.50. The summed E-state index contributed by atoms with van der Waals surface area (Å²) < 4.78 is 1.43. The molecular weight excluding hydrogens is 206 g/mol. The van der Waals surface area contributed by atoms with Gasteiger partial charge in [-0.15, -0.1) is 0 Å². The summed E-state index contributed by atoms with van der Waals surface area (Å²) in [5, 5.41) is 0.522. The highest BCUT2D eigenvalue weighted by molar-refractivity contribution is 5.81. The molecule has 0 radical (unpaired) electrons. The molecule has 0 aliphatic heterocycles. The number of hydrogen-bond acceptors (Lipinski definition) is 3. The number of nitrogens with one attached hydrogen (secondary N) is 1. The largest absolute Gasteiger partial charge is 0.378 e. The highest BCUT2D eigenvalue weighted by atomic mass is 16.2. The second-order valence-electron chi connectivity index (χ2n) is 3.91. The maximum atomic E-state index is 11.6. The van der Waals surface area contributed by atoms with Crippen LogP contribution in [-0.2, 0) is 7.05 Å². The zero-order valence-electron chi connectivity index (χ0n) is 9.44. The summed E-state index contributed by atoms with van der Waals surface area (Å²) in [6.45, 7) is 0. The van der Waals surface area contributed by atoms with E-state index in [9.17, 15) is 9.59 Å². The molecule has 1 heterocycles. The fourth-order valence-corrected chi connectivity index (χ4v) is 1.63. The third-order valence-corrected chi connectivity index (χ3v) is 2.63.